The van der Waals surface area contributed by atoms with Crippen LogP contribution in [0.5, 0.6) is 17.2 Å². The molecule has 1 amide bonds. The van der Waals surface area contributed by atoms with Gasteiger partial charge in [0.1, 0.15) is 5.75 Å². The zero-order valence-electron chi connectivity index (χ0n) is 11.9. The Morgan fingerprint density at radius 2 is 2.00 bits per heavy atom. The van der Waals surface area contributed by atoms with Crippen molar-refractivity contribution in [1.82, 2.24) is 5.43 Å². The lowest BCUT2D eigenvalue weighted by atomic mass is 10.2. The van der Waals surface area contributed by atoms with Crippen molar-refractivity contribution in [3.05, 3.63) is 50.4 Å². The lowest BCUT2D eigenvalue weighted by Crippen LogP contribution is -2.17. The number of nitrogens with zero attached hydrogens (tertiary/aromatic N) is 1. The van der Waals surface area contributed by atoms with E-state index in [1.165, 1.54) is 25.5 Å². The third-order valence-electron chi connectivity index (χ3n) is 2.92. The minimum Gasteiger partial charge on any atom is -0.507 e. The number of hydrazone groups is 1. The maximum atomic E-state index is 11.9. The van der Waals surface area contributed by atoms with E-state index in [1.807, 2.05) is 0 Å². The van der Waals surface area contributed by atoms with E-state index < -0.39 is 5.91 Å². The second-order valence-corrected chi connectivity index (χ2v) is 6.00. The summed E-state index contributed by atoms with van der Waals surface area (Å²) in [5.41, 5.74) is 2.71. The second kappa shape index (κ2) is 7.47. The Morgan fingerprint density at radius 1 is 1.30 bits per heavy atom. The zero-order valence-corrected chi connectivity index (χ0v) is 15.1. The van der Waals surface area contributed by atoms with Crippen LogP contribution in [0.3, 0.4) is 0 Å². The van der Waals surface area contributed by atoms with Crippen molar-refractivity contribution in [3.63, 3.8) is 0 Å². The Bertz CT molecular complexity index is 778. The number of amides is 1. The topological polar surface area (TPSA) is 91.2 Å². The van der Waals surface area contributed by atoms with E-state index in [-0.39, 0.29) is 22.8 Å². The molecule has 0 aliphatic heterocycles. The predicted octanol–water partition coefficient (Wildman–Crippen LogP) is 3.40. The summed E-state index contributed by atoms with van der Waals surface area (Å²) in [6.45, 7) is 0. The highest BCUT2D eigenvalue weighted by Gasteiger charge is 2.14. The van der Waals surface area contributed by atoms with Crippen LogP contribution in [0.4, 0.5) is 0 Å². The van der Waals surface area contributed by atoms with E-state index in [2.05, 4.69) is 42.4 Å². The Hall–Kier alpha value is -2.06. The summed E-state index contributed by atoms with van der Waals surface area (Å²) in [6, 6.07) is 7.70. The molecule has 2 aromatic rings. The summed E-state index contributed by atoms with van der Waals surface area (Å²) < 4.78 is 6.26. The fraction of sp³-hybridized carbons (Fsp3) is 0.0667. The highest BCUT2D eigenvalue weighted by molar-refractivity contribution is 9.13. The van der Waals surface area contributed by atoms with Crippen LogP contribution in [0, 0.1) is 0 Å². The minimum absolute atomic E-state index is 0.0970. The molecule has 0 spiro atoms. The van der Waals surface area contributed by atoms with E-state index in [1.54, 1.807) is 18.2 Å². The summed E-state index contributed by atoms with van der Waals surface area (Å²) in [6.07, 6.45) is 1.27. The van der Waals surface area contributed by atoms with Gasteiger partial charge in [-0.3, -0.25) is 4.79 Å². The Morgan fingerprint density at radius 3 is 2.65 bits per heavy atom. The lowest BCUT2D eigenvalue weighted by Gasteiger charge is -2.09. The third-order valence-corrected chi connectivity index (χ3v) is 4.93. The quantitative estimate of drug-likeness (QED) is 0.498. The van der Waals surface area contributed by atoms with Gasteiger partial charge in [-0.15, -0.1) is 0 Å². The fourth-order valence-electron chi connectivity index (χ4n) is 1.77. The molecule has 0 saturated carbocycles. The van der Waals surface area contributed by atoms with Crippen molar-refractivity contribution in [2.45, 2.75) is 0 Å². The molecule has 0 atom stereocenters. The SMILES string of the molecule is COc1cc(Br)c(Br)c(/C=N\NC(=O)c2ccccc2O)c1O. The number of para-hydroxylation sites is 1. The van der Waals surface area contributed by atoms with Crippen LogP contribution in [-0.4, -0.2) is 29.4 Å². The molecule has 0 saturated heterocycles. The maximum Gasteiger partial charge on any atom is 0.275 e. The van der Waals surface area contributed by atoms with Crippen LogP contribution in [-0.2, 0) is 0 Å². The number of benzene rings is 2. The molecule has 0 heterocycles. The molecule has 2 aromatic carbocycles. The van der Waals surface area contributed by atoms with Gasteiger partial charge in [0.2, 0.25) is 0 Å². The number of hydrogen-bond acceptors (Lipinski definition) is 5. The number of phenolic OH excluding ortho intramolecular Hbond substituents is 2. The van der Waals surface area contributed by atoms with Crippen LogP contribution in [0.2, 0.25) is 0 Å². The number of rotatable bonds is 4. The third kappa shape index (κ3) is 3.83. The minimum atomic E-state index is -0.572. The molecular weight excluding hydrogens is 432 g/mol. The Labute approximate surface area is 149 Å². The summed E-state index contributed by atoms with van der Waals surface area (Å²) >= 11 is 6.63. The van der Waals surface area contributed by atoms with Gasteiger partial charge in [0.15, 0.2) is 11.5 Å². The monoisotopic (exact) mass is 442 g/mol. The molecule has 2 rings (SSSR count). The van der Waals surface area contributed by atoms with Crippen molar-refractivity contribution >= 4 is 44.0 Å². The first-order valence-electron chi connectivity index (χ1n) is 6.32. The molecule has 0 bridgehead atoms. The van der Waals surface area contributed by atoms with Gasteiger partial charge < -0.3 is 14.9 Å². The van der Waals surface area contributed by atoms with Gasteiger partial charge in [-0.2, -0.15) is 5.10 Å². The molecule has 0 fully saturated rings. The van der Waals surface area contributed by atoms with Crippen LogP contribution >= 0.6 is 31.9 Å². The van der Waals surface area contributed by atoms with E-state index in [4.69, 9.17) is 4.74 Å². The molecule has 6 nitrogen and oxygen atoms in total. The van der Waals surface area contributed by atoms with E-state index in [0.29, 0.717) is 14.5 Å². The van der Waals surface area contributed by atoms with Crippen molar-refractivity contribution in [2.75, 3.05) is 7.11 Å². The lowest BCUT2D eigenvalue weighted by molar-refractivity contribution is 0.0952. The summed E-state index contributed by atoms with van der Waals surface area (Å²) in [5, 5.41) is 23.5. The van der Waals surface area contributed by atoms with Gasteiger partial charge in [-0.1, -0.05) is 12.1 Å². The van der Waals surface area contributed by atoms with Gasteiger partial charge in [0, 0.05) is 8.95 Å². The molecule has 0 radical (unpaired) electrons. The number of carbonyl (C=O) groups is 1. The first-order valence-corrected chi connectivity index (χ1v) is 7.90. The Balaban J connectivity index is 2.23. The van der Waals surface area contributed by atoms with Crippen LogP contribution < -0.4 is 10.2 Å². The van der Waals surface area contributed by atoms with Crippen LogP contribution in [0.1, 0.15) is 15.9 Å². The number of hydrogen-bond donors (Lipinski definition) is 3. The molecule has 0 aliphatic rings. The van der Waals surface area contributed by atoms with Gasteiger partial charge in [0.05, 0.1) is 24.5 Å². The van der Waals surface area contributed by atoms with Crippen molar-refractivity contribution < 1.29 is 19.7 Å². The van der Waals surface area contributed by atoms with Crippen LogP contribution in [0.15, 0.2) is 44.4 Å². The number of nitrogens with one attached hydrogen (secondary N) is 1. The van der Waals surface area contributed by atoms with E-state index in [9.17, 15) is 15.0 Å². The number of aromatic hydroxyl groups is 2. The molecule has 0 aliphatic carbocycles. The molecule has 23 heavy (non-hydrogen) atoms. The number of ether oxygens (including phenoxy) is 1. The van der Waals surface area contributed by atoms with Crippen LogP contribution in [0.25, 0.3) is 0 Å². The maximum absolute atomic E-state index is 11.9. The molecule has 3 N–H and O–H groups in total. The highest BCUT2D eigenvalue weighted by Crippen LogP contribution is 2.39. The number of carbonyl (C=O) groups excluding carboxylic acids is 1. The molecule has 120 valence electrons. The molecular formula is C15H12Br2N2O4. The van der Waals surface area contributed by atoms with Crippen molar-refractivity contribution in [1.29, 1.82) is 0 Å². The average molecular weight is 444 g/mol. The second-order valence-electron chi connectivity index (χ2n) is 4.35. The van der Waals surface area contributed by atoms with Crippen molar-refractivity contribution in [3.8, 4) is 17.2 Å². The molecule has 8 heteroatoms. The first kappa shape index (κ1) is 17.3. The van der Waals surface area contributed by atoms with Gasteiger partial charge in [-0.25, -0.2) is 5.43 Å². The summed E-state index contributed by atoms with van der Waals surface area (Å²) in [4.78, 5) is 11.9. The summed E-state index contributed by atoms with van der Waals surface area (Å²) in [7, 11) is 1.43. The largest absolute Gasteiger partial charge is 0.507 e. The van der Waals surface area contributed by atoms with Crippen molar-refractivity contribution in [2.24, 2.45) is 5.10 Å². The van der Waals surface area contributed by atoms with E-state index >= 15 is 0 Å². The predicted molar refractivity (Wildman–Crippen MR) is 93.2 cm³/mol. The smallest absolute Gasteiger partial charge is 0.275 e. The number of phenols is 2. The van der Waals surface area contributed by atoms with Gasteiger partial charge in [-0.05, 0) is 50.1 Å². The molecule has 0 unspecified atom stereocenters. The normalized spacial score (nSPS) is 10.7. The fourth-order valence-corrected chi connectivity index (χ4v) is 2.59. The number of methoxy groups -OCH3 is 1. The average Bonchev–Trinajstić information content (AvgIpc) is 2.54. The van der Waals surface area contributed by atoms with E-state index in [0.717, 1.165) is 0 Å². The first-order chi connectivity index (χ1) is 11.0. The molecule has 0 aromatic heterocycles. The summed E-state index contributed by atoms with van der Waals surface area (Å²) in [5.74, 6) is -0.582. The Kier molecular flexibility index (Phi) is 5.62. The zero-order chi connectivity index (χ0) is 17.0. The number of halogens is 2. The van der Waals surface area contributed by atoms with Gasteiger partial charge >= 0.3 is 0 Å². The highest BCUT2D eigenvalue weighted by atomic mass is 79.9. The standard InChI is InChI=1S/C15H12Br2N2O4/c1-23-12-6-10(16)13(17)9(14(12)21)7-18-19-15(22)8-4-2-3-5-11(8)20/h2-7,20-21H,1H3,(H,19,22)/b18-7-. The van der Waals surface area contributed by atoms with Gasteiger partial charge in [0.25, 0.3) is 5.91 Å².